The molecule has 2 fully saturated rings. The molecule has 3 N–H and O–H groups in total. The molecular weight excluding hydrogens is 723 g/mol. The number of aliphatic carboxylic acids is 1. The van der Waals surface area contributed by atoms with Crippen LogP contribution >= 0.6 is 0 Å². The number of likely N-dealkylation sites (N-methyl/N-ethyl adjacent to an activating group) is 1. The largest absolute Gasteiger partial charge is 0.480 e. The van der Waals surface area contributed by atoms with Gasteiger partial charge in [0.05, 0.1) is 0 Å². The molecule has 0 aliphatic carbocycles. The molecule has 0 radical (unpaired) electrons. The Morgan fingerprint density at radius 1 is 0.719 bits per heavy atom. The first kappa shape index (κ1) is 40.7. The first-order valence-electron chi connectivity index (χ1n) is 19.9. The van der Waals surface area contributed by atoms with Crippen molar-refractivity contribution in [1.82, 2.24) is 35.3 Å². The van der Waals surface area contributed by atoms with Gasteiger partial charge in [0.1, 0.15) is 29.3 Å². The summed E-state index contributed by atoms with van der Waals surface area (Å²) in [5, 5.41) is 14.6. The van der Waals surface area contributed by atoms with Crippen LogP contribution in [0, 0.1) is 0 Å². The molecule has 2 aliphatic heterocycles. The molecule has 1 atom stereocenters. The van der Waals surface area contributed by atoms with Crippen molar-refractivity contribution >= 4 is 29.6 Å². The van der Waals surface area contributed by atoms with E-state index in [1.807, 2.05) is 54.6 Å². The summed E-state index contributed by atoms with van der Waals surface area (Å²) in [7, 11) is 0. The average molecular weight is 774 g/mol. The van der Waals surface area contributed by atoms with Gasteiger partial charge in [-0.15, -0.1) is 0 Å². The molecule has 6 rings (SSSR count). The maximum atomic E-state index is 14.3. The molecule has 0 saturated carbocycles. The van der Waals surface area contributed by atoms with E-state index in [4.69, 9.17) is 0 Å². The number of benzene rings is 2. The Morgan fingerprint density at radius 2 is 1.35 bits per heavy atom. The molecule has 4 aromatic rings. The molecule has 2 saturated heterocycles. The number of pyridine rings is 2. The maximum absolute atomic E-state index is 14.3. The van der Waals surface area contributed by atoms with Crippen LogP contribution in [0.15, 0.2) is 78.9 Å². The Hall–Kier alpha value is -5.95. The lowest BCUT2D eigenvalue weighted by Crippen LogP contribution is -2.44. The summed E-state index contributed by atoms with van der Waals surface area (Å²) in [6, 6.07) is 23.8. The summed E-state index contributed by atoms with van der Waals surface area (Å²) < 4.78 is 0. The molecular formula is C44H51N7O6. The van der Waals surface area contributed by atoms with Gasteiger partial charge in [0.2, 0.25) is 0 Å². The fourth-order valence-electron chi connectivity index (χ4n) is 7.44. The van der Waals surface area contributed by atoms with Crippen molar-refractivity contribution in [2.45, 2.75) is 65.0 Å². The highest BCUT2D eigenvalue weighted by atomic mass is 16.4. The van der Waals surface area contributed by atoms with Crippen molar-refractivity contribution in [3.63, 3.8) is 0 Å². The van der Waals surface area contributed by atoms with Crippen molar-refractivity contribution in [2.24, 2.45) is 0 Å². The van der Waals surface area contributed by atoms with Crippen LogP contribution in [0.25, 0.3) is 22.3 Å². The number of nitrogens with one attached hydrogen (secondary N) is 2. The fraction of sp³-hybridized carbons (Fsp3) is 0.386. The average Bonchev–Trinajstić information content (AvgIpc) is 3.96. The number of carbonyl (C=O) groups excluding carboxylic acids is 4. The van der Waals surface area contributed by atoms with Crippen LogP contribution in [0.5, 0.6) is 0 Å². The number of aromatic nitrogens is 2. The quantitative estimate of drug-likeness (QED) is 0.133. The molecule has 2 aromatic heterocycles. The zero-order chi connectivity index (χ0) is 40.3. The van der Waals surface area contributed by atoms with Crippen LogP contribution < -0.4 is 10.6 Å². The Bertz CT molecular complexity index is 2080. The van der Waals surface area contributed by atoms with Crippen LogP contribution in [0.3, 0.4) is 0 Å². The van der Waals surface area contributed by atoms with E-state index in [1.54, 1.807) is 21.9 Å². The van der Waals surface area contributed by atoms with E-state index >= 15 is 0 Å². The van der Waals surface area contributed by atoms with Crippen LogP contribution in [0.2, 0.25) is 0 Å². The minimum absolute atomic E-state index is 0.00464. The van der Waals surface area contributed by atoms with Crippen molar-refractivity contribution in [1.29, 1.82) is 0 Å². The van der Waals surface area contributed by atoms with Crippen LogP contribution in [0.4, 0.5) is 0 Å². The van der Waals surface area contributed by atoms with Gasteiger partial charge in [-0.25, -0.2) is 9.97 Å². The Kier molecular flexibility index (Phi) is 13.8. The number of carboxylic acid groups (broad SMARTS) is 1. The topological polar surface area (TPSA) is 165 Å². The third-order valence-corrected chi connectivity index (χ3v) is 10.6. The molecule has 298 valence electrons. The van der Waals surface area contributed by atoms with Gasteiger partial charge in [-0.1, -0.05) is 68.8 Å². The molecule has 1 unspecified atom stereocenters. The molecule has 13 nitrogen and oxygen atoms in total. The minimum atomic E-state index is -1.24. The summed E-state index contributed by atoms with van der Waals surface area (Å²) in [4.78, 5) is 81.4. The maximum Gasteiger partial charge on any atom is 0.322 e. The first-order chi connectivity index (χ1) is 27.6. The second-order valence-electron chi connectivity index (χ2n) is 14.6. The third-order valence-electron chi connectivity index (χ3n) is 10.6. The summed E-state index contributed by atoms with van der Waals surface area (Å²) in [5.41, 5.74) is 3.53. The number of amides is 4. The zero-order valence-electron chi connectivity index (χ0n) is 32.7. The molecule has 0 spiro atoms. The highest BCUT2D eigenvalue weighted by Crippen LogP contribution is 2.27. The van der Waals surface area contributed by atoms with Crippen molar-refractivity contribution in [3.05, 3.63) is 107 Å². The number of nitrogens with zero attached hydrogens (tertiary/aromatic N) is 5. The van der Waals surface area contributed by atoms with Gasteiger partial charge in [-0.3, -0.25) is 24.0 Å². The Morgan fingerprint density at radius 3 is 2.00 bits per heavy atom. The number of hydrogen-bond donors (Lipinski definition) is 3. The number of hydrogen-bond acceptors (Lipinski definition) is 8. The lowest BCUT2D eigenvalue weighted by molar-refractivity contribution is -0.135. The van der Waals surface area contributed by atoms with E-state index in [-0.39, 0.29) is 47.2 Å². The Labute approximate surface area is 333 Å². The van der Waals surface area contributed by atoms with Gasteiger partial charge in [0, 0.05) is 38.8 Å². The van der Waals surface area contributed by atoms with Gasteiger partial charge in [-0.2, -0.15) is 0 Å². The summed E-state index contributed by atoms with van der Waals surface area (Å²) in [6.07, 6.45) is 5.51. The van der Waals surface area contributed by atoms with Gasteiger partial charge in [0.25, 0.3) is 23.6 Å². The summed E-state index contributed by atoms with van der Waals surface area (Å²) in [5.74, 6) is -3.20. The van der Waals surface area contributed by atoms with Gasteiger partial charge < -0.3 is 30.4 Å². The second-order valence-corrected chi connectivity index (χ2v) is 14.6. The molecule has 4 amide bonds. The minimum Gasteiger partial charge on any atom is -0.480 e. The fourth-order valence-corrected chi connectivity index (χ4v) is 7.44. The van der Waals surface area contributed by atoms with Gasteiger partial charge >= 0.3 is 5.97 Å². The van der Waals surface area contributed by atoms with Gasteiger partial charge in [-0.05, 0) is 103 Å². The van der Waals surface area contributed by atoms with E-state index in [0.29, 0.717) is 30.8 Å². The monoisotopic (exact) mass is 773 g/mol. The van der Waals surface area contributed by atoms with Crippen LogP contribution in [-0.4, -0.2) is 111 Å². The zero-order valence-corrected chi connectivity index (χ0v) is 32.7. The predicted molar refractivity (Wildman–Crippen MR) is 217 cm³/mol. The van der Waals surface area contributed by atoms with Crippen LogP contribution in [-0.2, 0) is 11.3 Å². The predicted octanol–water partition coefficient (Wildman–Crippen LogP) is 5.52. The van der Waals surface area contributed by atoms with Crippen molar-refractivity contribution < 1.29 is 29.1 Å². The SMILES string of the molecule is CCCCN(CC)CC1CCCN1C(=O)c1cc(-c2cc(C(=O)NCc3cccc(-c4ccccc4)c3)nc(C(=O)N3CCCC3)c2)cc(C(=O)NCC(=O)O)n1. The highest BCUT2D eigenvalue weighted by Gasteiger charge is 2.32. The molecule has 2 aliphatic rings. The molecule has 0 bridgehead atoms. The first-order valence-corrected chi connectivity index (χ1v) is 19.9. The third kappa shape index (κ3) is 10.5. The smallest absolute Gasteiger partial charge is 0.322 e. The number of likely N-dealkylation sites (tertiary alicyclic amines) is 2. The van der Waals surface area contributed by atoms with E-state index in [2.05, 4.69) is 39.3 Å². The van der Waals surface area contributed by atoms with E-state index in [9.17, 15) is 29.1 Å². The molecule has 4 heterocycles. The lowest BCUT2D eigenvalue weighted by atomic mass is 10.0. The van der Waals surface area contributed by atoms with E-state index < -0.39 is 24.3 Å². The van der Waals surface area contributed by atoms with Gasteiger partial charge in [0.15, 0.2) is 0 Å². The lowest BCUT2D eigenvalue weighted by Gasteiger charge is -2.30. The molecule has 2 aromatic carbocycles. The summed E-state index contributed by atoms with van der Waals surface area (Å²) in [6.45, 7) is 7.99. The molecule has 57 heavy (non-hydrogen) atoms. The Balaban J connectivity index is 1.35. The standard InChI is InChI=1S/C44H51N7O6/c1-3-5-18-49(4-2)29-35-17-12-21-51(35)44(57)39-26-34(24-37(48-39)42(55)46-28-40(52)53)33-23-36(47-38(25-33)43(56)50-19-9-10-20-50)41(54)45-27-30-13-11-16-32(22-30)31-14-7-6-8-15-31/h6-8,11,13-16,22-26,35H,3-5,9-10,12,17-21,27-29H2,1-2H3,(H,45,54)(H,46,55)(H,52,53). The normalized spacial score (nSPS) is 15.2. The van der Waals surface area contributed by atoms with Crippen LogP contribution in [0.1, 0.15) is 99.9 Å². The van der Waals surface area contributed by atoms with E-state index in [0.717, 1.165) is 74.8 Å². The second kappa shape index (κ2) is 19.3. The number of unbranched alkanes of at least 4 members (excludes halogenated alkanes) is 1. The van der Waals surface area contributed by atoms with Crippen molar-refractivity contribution in [3.8, 4) is 22.3 Å². The molecule has 13 heteroatoms. The number of rotatable bonds is 16. The van der Waals surface area contributed by atoms with E-state index in [1.165, 1.54) is 12.1 Å². The highest BCUT2D eigenvalue weighted by molar-refractivity contribution is 6.01. The summed E-state index contributed by atoms with van der Waals surface area (Å²) >= 11 is 0. The van der Waals surface area contributed by atoms with Crippen molar-refractivity contribution in [2.75, 3.05) is 45.8 Å². The number of carbonyl (C=O) groups is 5. The number of carboxylic acids is 1.